The van der Waals surface area contributed by atoms with Gasteiger partial charge >= 0.3 is 17.9 Å². The zero-order valence-electron chi connectivity index (χ0n) is 22.4. The zero-order valence-corrected chi connectivity index (χ0v) is 22.4. The number of esters is 3. The Morgan fingerprint density at radius 3 is 2.20 bits per heavy atom. The number of ether oxygens (including phenoxy) is 3. The van der Waals surface area contributed by atoms with Crippen LogP contribution in [0.4, 0.5) is 0 Å². The van der Waals surface area contributed by atoms with Crippen molar-refractivity contribution in [3.63, 3.8) is 0 Å². The van der Waals surface area contributed by atoms with Crippen molar-refractivity contribution in [1.82, 2.24) is 0 Å². The van der Waals surface area contributed by atoms with Crippen LogP contribution in [0.1, 0.15) is 93.4 Å². The van der Waals surface area contributed by atoms with Crippen molar-refractivity contribution in [1.29, 1.82) is 0 Å². The largest absolute Gasteiger partial charge is 0.462 e. The second kappa shape index (κ2) is 7.82. The summed E-state index contributed by atoms with van der Waals surface area (Å²) in [6.45, 7) is 14.8. The van der Waals surface area contributed by atoms with Crippen LogP contribution >= 0.6 is 0 Å². The predicted octanol–water partition coefficient (Wildman–Crippen LogP) is 5.38. The molecule has 0 aromatic heterocycles. The van der Waals surface area contributed by atoms with E-state index in [1.807, 2.05) is 0 Å². The number of carbonyl (C=O) groups excluding carboxylic acids is 3. The molecule has 35 heavy (non-hydrogen) atoms. The Morgan fingerprint density at radius 1 is 0.886 bits per heavy atom. The minimum absolute atomic E-state index is 0.0387. The third-order valence-corrected chi connectivity index (χ3v) is 11.4. The average molecular weight is 487 g/mol. The summed E-state index contributed by atoms with van der Waals surface area (Å²) in [7, 11) is 0. The lowest BCUT2D eigenvalue weighted by atomic mass is 9.35. The number of fused-ring (bicyclic) bond motifs is 7. The number of hydrogen-bond donors (Lipinski definition) is 0. The fourth-order valence-electron chi connectivity index (χ4n) is 10.1. The van der Waals surface area contributed by atoms with Gasteiger partial charge in [0.05, 0.1) is 0 Å². The smallest absolute Gasteiger partial charge is 0.331 e. The molecule has 9 atom stereocenters. The van der Waals surface area contributed by atoms with E-state index < -0.39 is 23.6 Å². The molecule has 1 aliphatic heterocycles. The zero-order chi connectivity index (χ0) is 25.6. The van der Waals surface area contributed by atoms with Gasteiger partial charge in [-0.1, -0.05) is 41.0 Å². The van der Waals surface area contributed by atoms with Crippen LogP contribution in [0.25, 0.3) is 0 Å². The molecule has 4 fully saturated rings. The molecule has 5 aliphatic rings. The molecule has 194 valence electrons. The van der Waals surface area contributed by atoms with E-state index in [0.717, 1.165) is 18.4 Å². The van der Waals surface area contributed by atoms with E-state index in [4.69, 9.17) is 14.2 Å². The molecule has 6 nitrogen and oxygen atoms in total. The third kappa shape index (κ3) is 3.44. The molecule has 0 spiro atoms. The molecule has 6 heteroatoms. The van der Waals surface area contributed by atoms with Gasteiger partial charge in [0.1, 0.15) is 18.3 Å². The van der Waals surface area contributed by atoms with Crippen LogP contribution in [-0.4, -0.2) is 36.2 Å². The Bertz CT molecular complexity index is 982. The van der Waals surface area contributed by atoms with Crippen molar-refractivity contribution < 1.29 is 28.6 Å². The highest BCUT2D eigenvalue weighted by atomic mass is 16.6. The van der Waals surface area contributed by atoms with Crippen molar-refractivity contribution in [3.8, 4) is 0 Å². The normalized spacial score (nSPS) is 47.7. The maximum absolute atomic E-state index is 12.5. The molecule has 0 saturated heterocycles. The summed E-state index contributed by atoms with van der Waals surface area (Å²) < 4.78 is 17.9. The van der Waals surface area contributed by atoms with Gasteiger partial charge in [-0.05, 0) is 72.5 Å². The first-order valence-electron chi connectivity index (χ1n) is 13.5. The van der Waals surface area contributed by atoms with Crippen LogP contribution in [0, 0.1) is 39.4 Å². The molecule has 0 aromatic rings. The van der Waals surface area contributed by atoms with Crippen molar-refractivity contribution >= 4 is 17.9 Å². The summed E-state index contributed by atoms with van der Waals surface area (Å²) in [6, 6.07) is 0. The van der Waals surface area contributed by atoms with Crippen LogP contribution in [0.5, 0.6) is 0 Å². The molecule has 5 rings (SSSR count). The Balaban J connectivity index is 1.64. The van der Waals surface area contributed by atoms with Crippen molar-refractivity contribution in [2.75, 3.05) is 0 Å². The minimum Gasteiger partial charge on any atom is -0.462 e. The fourth-order valence-corrected chi connectivity index (χ4v) is 10.1. The molecule has 4 aliphatic carbocycles. The van der Waals surface area contributed by atoms with Gasteiger partial charge in [0, 0.05) is 30.9 Å². The van der Waals surface area contributed by atoms with Gasteiger partial charge in [0.15, 0.2) is 0 Å². The van der Waals surface area contributed by atoms with Gasteiger partial charge in [-0.25, -0.2) is 4.79 Å². The third-order valence-electron chi connectivity index (χ3n) is 11.4. The highest BCUT2D eigenvalue weighted by Crippen LogP contribution is 2.73. The second-order valence-electron chi connectivity index (χ2n) is 13.5. The highest BCUT2D eigenvalue weighted by molar-refractivity contribution is 5.86. The van der Waals surface area contributed by atoms with E-state index in [9.17, 15) is 14.4 Å². The Labute approximate surface area is 209 Å². The van der Waals surface area contributed by atoms with Gasteiger partial charge in [0.25, 0.3) is 0 Å². The molecule has 0 amide bonds. The maximum atomic E-state index is 12.5. The molecule has 1 heterocycles. The van der Waals surface area contributed by atoms with Crippen molar-refractivity contribution in [2.45, 2.75) is 112 Å². The standard InChI is InChI=1S/C29H42O6/c1-16(30)33-19-14-22-28(6)12-9-20-26(3,4)10-8-11-27(20,5)21(28)15-23(34-17(2)31)29(22,7)25-18(19)13-24(32)35-25/h13,19-23,25H,8-12,14-15H2,1-7H3. The van der Waals surface area contributed by atoms with Crippen molar-refractivity contribution in [2.24, 2.45) is 39.4 Å². The second-order valence-corrected chi connectivity index (χ2v) is 13.5. The summed E-state index contributed by atoms with van der Waals surface area (Å²) in [5, 5.41) is 0. The molecule has 0 bridgehead atoms. The summed E-state index contributed by atoms with van der Waals surface area (Å²) in [4.78, 5) is 37.0. The lowest BCUT2D eigenvalue weighted by molar-refractivity contribution is -0.259. The summed E-state index contributed by atoms with van der Waals surface area (Å²) in [6.07, 6.45) is 7.44. The van der Waals surface area contributed by atoms with Gasteiger partial charge in [0.2, 0.25) is 0 Å². The van der Waals surface area contributed by atoms with E-state index in [2.05, 4.69) is 34.6 Å². The summed E-state index contributed by atoms with van der Waals surface area (Å²) in [5.41, 5.74) is 0.549. The monoisotopic (exact) mass is 486 g/mol. The van der Waals surface area contributed by atoms with Gasteiger partial charge in [-0.15, -0.1) is 0 Å². The molecule has 0 N–H and O–H groups in total. The fraction of sp³-hybridized carbons (Fsp3) is 0.828. The van der Waals surface area contributed by atoms with Crippen molar-refractivity contribution in [3.05, 3.63) is 11.6 Å². The molecule has 0 radical (unpaired) electrons. The number of hydrogen-bond acceptors (Lipinski definition) is 6. The van der Waals surface area contributed by atoms with Crippen LogP contribution < -0.4 is 0 Å². The number of carbonyl (C=O) groups is 3. The lowest BCUT2D eigenvalue weighted by Crippen LogP contribution is -2.69. The maximum Gasteiger partial charge on any atom is 0.331 e. The Morgan fingerprint density at radius 2 is 1.54 bits per heavy atom. The SMILES string of the molecule is CC(=O)OC1CC2C3(C)CCC4C(C)(C)CCCC4(C)C3CC(OC(C)=O)C2(C)C2OC(=O)C=C12. The molecule has 4 saturated carbocycles. The first-order chi connectivity index (χ1) is 16.2. The summed E-state index contributed by atoms with van der Waals surface area (Å²) in [5.74, 6) is 0.0300. The molecular formula is C29H42O6. The highest BCUT2D eigenvalue weighted by Gasteiger charge is 2.71. The van der Waals surface area contributed by atoms with E-state index >= 15 is 0 Å². The average Bonchev–Trinajstić information content (AvgIpc) is 3.13. The van der Waals surface area contributed by atoms with Gasteiger partial charge in [-0.3, -0.25) is 9.59 Å². The Kier molecular flexibility index (Phi) is 5.55. The van der Waals surface area contributed by atoms with Gasteiger partial charge in [-0.2, -0.15) is 0 Å². The predicted molar refractivity (Wildman–Crippen MR) is 130 cm³/mol. The first-order valence-corrected chi connectivity index (χ1v) is 13.5. The van der Waals surface area contributed by atoms with E-state index in [-0.39, 0.29) is 40.2 Å². The van der Waals surface area contributed by atoms with Gasteiger partial charge < -0.3 is 14.2 Å². The van der Waals surface area contributed by atoms with Crippen LogP contribution in [-0.2, 0) is 28.6 Å². The lowest BCUT2D eigenvalue weighted by Gasteiger charge is -2.70. The molecule has 9 unspecified atom stereocenters. The quantitative estimate of drug-likeness (QED) is 0.385. The first kappa shape index (κ1) is 24.8. The molecule has 0 aromatic carbocycles. The van der Waals surface area contributed by atoms with E-state index in [0.29, 0.717) is 18.3 Å². The van der Waals surface area contributed by atoms with Crippen LogP contribution in [0.3, 0.4) is 0 Å². The number of rotatable bonds is 2. The van der Waals surface area contributed by atoms with E-state index in [1.54, 1.807) is 0 Å². The topological polar surface area (TPSA) is 78.9 Å². The summed E-state index contributed by atoms with van der Waals surface area (Å²) >= 11 is 0. The Hall–Kier alpha value is -1.85. The van der Waals surface area contributed by atoms with Crippen LogP contribution in [0.2, 0.25) is 0 Å². The van der Waals surface area contributed by atoms with E-state index in [1.165, 1.54) is 45.6 Å². The van der Waals surface area contributed by atoms with Crippen LogP contribution in [0.15, 0.2) is 11.6 Å². The molecular weight excluding hydrogens is 444 g/mol. The minimum atomic E-state index is -0.570.